The molecule has 1 aromatic rings. The van der Waals surface area contributed by atoms with Crippen molar-refractivity contribution in [2.75, 3.05) is 20.8 Å². The fourth-order valence-electron chi connectivity index (χ4n) is 1.42. The van der Waals surface area contributed by atoms with Crippen molar-refractivity contribution in [3.63, 3.8) is 0 Å². The zero-order valence-electron chi connectivity index (χ0n) is 9.20. The maximum absolute atomic E-state index is 5.17. The summed E-state index contributed by atoms with van der Waals surface area (Å²) in [7, 11) is 3.41. The quantitative estimate of drug-likeness (QED) is 0.742. The topological polar surface area (TPSA) is 18.5 Å². The van der Waals surface area contributed by atoms with Crippen LogP contribution in [0.4, 0.5) is 0 Å². The maximum atomic E-state index is 5.17. The molecule has 1 rings (SSSR count). The number of rotatable bonds is 6. The van der Waals surface area contributed by atoms with Crippen molar-refractivity contribution < 1.29 is 9.47 Å². The average molecular weight is 273 g/mol. The molecular weight excluding hydrogens is 256 g/mol. The molecule has 2 nitrogen and oxygen atoms in total. The Hall–Kier alpha value is -0.540. The lowest BCUT2D eigenvalue weighted by molar-refractivity contribution is 0.198. The summed E-state index contributed by atoms with van der Waals surface area (Å²) >= 11 is 3.57. The van der Waals surface area contributed by atoms with E-state index in [0.29, 0.717) is 4.83 Å². The highest BCUT2D eigenvalue weighted by atomic mass is 79.9. The van der Waals surface area contributed by atoms with Crippen molar-refractivity contribution in [3.8, 4) is 5.75 Å². The molecule has 0 aliphatic rings. The van der Waals surface area contributed by atoms with Gasteiger partial charge in [-0.1, -0.05) is 28.1 Å². The van der Waals surface area contributed by atoms with Crippen LogP contribution in [0, 0.1) is 0 Å². The first kappa shape index (κ1) is 12.5. The molecule has 1 aromatic carbocycles. The molecular formula is C12H17BrO2. The Kier molecular flexibility index (Phi) is 5.73. The molecule has 0 aliphatic carbocycles. The van der Waals surface area contributed by atoms with Gasteiger partial charge >= 0.3 is 0 Å². The summed E-state index contributed by atoms with van der Waals surface area (Å²) < 4.78 is 10.2. The van der Waals surface area contributed by atoms with Gasteiger partial charge in [0.1, 0.15) is 5.75 Å². The Morgan fingerprint density at radius 1 is 1.33 bits per heavy atom. The summed E-state index contributed by atoms with van der Waals surface area (Å²) in [6, 6.07) is 8.18. The fraction of sp³-hybridized carbons (Fsp3) is 0.500. The second kappa shape index (κ2) is 6.85. The molecule has 84 valence electrons. The van der Waals surface area contributed by atoms with E-state index in [1.807, 2.05) is 12.1 Å². The first-order valence-corrected chi connectivity index (χ1v) is 5.93. The Morgan fingerprint density at radius 2 is 2.13 bits per heavy atom. The SMILES string of the molecule is COCC(Br)CCc1cccc(OC)c1. The average Bonchev–Trinajstić information content (AvgIpc) is 2.27. The third-order valence-electron chi connectivity index (χ3n) is 2.23. The predicted molar refractivity (Wildman–Crippen MR) is 65.9 cm³/mol. The maximum Gasteiger partial charge on any atom is 0.119 e. The molecule has 0 bridgehead atoms. The molecule has 1 atom stereocenters. The normalized spacial score (nSPS) is 12.5. The van der Waals surface area contributed by atoms with Crippen molar-refractivity contribution in [1.82, 2.24) is 0 Å². The second-order valence-electron chi connectivity index (χ2n) is 3.44. The van der Waals surface area contributed by atoms with Gasteiger partial charge in [0.2, 0.25) is 0 Å². The molecule has 0 radical (unpaired) electrons. The first-order valence-electron chi connectivity index (χ1n) is 5.02. The van der Waals surface area contributed by atoms with E-state index in [2.05, 4.69) is 28.1 Å². The van der Waals surface area contributed by atoms with E-state index < -0.39 is 0 Å². The molecule has 0 saturated carbocycles. The van der Waals surface area contributed by atoms with Crippen LogP contribution in [-0.2, 0) is 11.2 Å². The second-order valence-corrected chi connectivity index (χ2v) is 4.74. The minimum Gasteiger partial charge on any atom is -0.497 e. The van der Waals surface area contributed by atoms with Crippen LogP contribution < -0.4 is 4.74 Å². The van der Waals surface area contributed by atoms with Crippen LogP contribution in [0.3, 0.4) is 0 Å². The van der Waals surface area contributed by atoms with Gasteiger partial charge in [0.25, 0.3) is 0 Å². The van der Waals surface area contributed by atoms with Crippen LogP contribution in [0.2, 0.25) is 0 Å². The summed E-state index contributed by atoms with van der Waals surface area (Å²) in [5.74, 6) is 0.922. The molecule has 0 heterocycles. The van der Waals surface area contributed by atoms with Crippen LogP contribution >= 0.6 is 15.9 Å². The predicted octanol–water partition coefficient (Wildman–Crippen LogP) is 3.04. The van der Waals surface area contributed by atoms with Crippen molar-refractivity contribution >= 4 is 15.9 Å². The molecule has 0 fully saturated rings. The van der Waals surface area contributed by atoms with Gasteiger partial charge in [-0.2, -0.15) is 0 Å². The lowest BCUT2D eigenvalue weighted by atomic mass is 10.1. The Balaban J connectivity index is 2.43. The van der Waals surface area contributed by atoms with Crippen molar-refractivity contribution in [2.45, 2.75) is 17.7 Å². The van der Waals surface area contributed by atoms with Gasteiger partial charge in [0.05, 0.1) is 13.7 Å². The molecule has 3 heteroatoms. The monoisotopic (exact) mass is 272 g/mol. The van der Waals surface area contributed by atoms with E-state index in [9.17, 15) is 0 Å². The van der Waals surface area contributed by atoms with Crippen LogP contribution in [0.1, 0.15) is 12.0 Å². The van der Waals surface area contributed by atoms with E-state index in [4.69, 9.17) is 9.47 Å². The zero-order chi connectivity index (χ0) is 11.1. The minimum atomic E-state index is 0.425. The molecule has 0 N–H and O–H groups in total. The fourth-order valence-corrected chi connectivity index (χ4v) is 1.91. The van der Waals surface area contributed by atoms with Crippen molar-refractivity contribution in [2.24, 2.45) is 0 Å². The number of hydrogen-bond donors (Lipinski definition) is 0. The number of benzene rings is 1. The smallest absolute Gasteiger partial charge is 0.119 e. The molecule has 0 aliphatic heterocycles. The highest BCUT2D eigenvalue weighted by Crippen LogP contribution is 2.16. The lowest BCUT2D eigenvalue weighted by Gasteiger charge is -2.08. The van der Waals surface area contributed by atoms with Gasteiger partial charge < -0.3 is 9.47 Å². The third-order valence-corrected chi connectivity index (χ3v) is 2.95. The third kappa shape index (κ3) is 4.67. The highest BCUT2D eigenvalue weighted by Gasteiger charge is 2.04. The van der Waals surface area contributed by atoms with E-state index in [1.54, 1.807) is 14.2 Å². The van der Waals surface area contributed by atoms with Gasteiger partial charge in [-0.3, -0.25) is 0 Å². The summed E-state index contributed by atoms with van der Waals surface area (Å²) in [6.45, 7) is 0.754. The highest BCUT2D eigenvalue weighted by molar-refractivity contribution is 9.09. The van der Waals surface area contributed by atoms with E-state index in [1.165, 1.54) is 5.56 Å². The van der Waals surface area contributed by atoms with E-state index in [-0.39, 0.29) is 0 Å². The van der Waals surface area contributed by atoms with Gasteiger partial charge in [-0.15, -0.1) is 0 Å². The molecule has 0 amide bonds. The van der Waals surface area contributed by atoms with Gasteiger partial charge in [-0.25, -0.2) is 0 Å². The molecule has 1 unspecified atom stereocenters. The van der Waals surface area contributed by atoms with Gasteiger partial charge in [-0.05, 0) is 30.5 Å². The minimum absolute atomic E-state index is 0.425. The van der Waals surface area contributed by atoms with Crippen molar-refractivity contribution in [1.29, 1.82) is 0 Å². The molecule has 0 saturated heterocycles. The van der Waals surface area contributed by atoms with E-state index in [0.717, 1.165) is 25.2 Å². The van der Waals surface area contributed by atoms with Crippen molar-refractivity contribution in [3.05, 3.63) is 29.8 Å². The summed E-state index contributed by atoms with van der Waals surface area (Å²) in [5.41, 5.74) is 1.30. The number of alkyl halides is 1. The summed E-state index contributed by atoms with van der Waals surface area (Å²) in [6.07, 6.45) is 2.11. The number of methoxy groups -OCH3 is 2. The van der Waals surface area contributed by atoms with Crippen LogP contribution in [0.25, 0.3) is 0 Å². The Labute approximate surface area is 99.7 Å². The van der Waals surface area contributed by atoms with E-state index >= 15 is 0 Å². The largest absolute Gasteiger partial charge is 0.497 e. The number of aryl methyl sites for hydroxylation is 1. The van der Waals surface area contributed by atoms with Crippen LogP contribution in [0.5, 0.6) is 5.75 Å². The van der Waals surface area contributed by atoms with Crippen LogP contribution in [0.15, 0.2) is 24.3 Å². The Bertz CT molecular complexity index is 289. The number of halogens is 1. The molecule has 15 heavy (non-hydrogen) atoms. The van der Waals surface area contributed by atoms with Gasteiger partial charge in [0.15, 0.2) is 0 Å². The summed E-state index contributed by atoms with van der Waals surface area (Å²) in [4.78, 5) is 0.425. The standard InChI is InChI=1S/C12H17BrO2/c1-14-9-11(13)7-6-10-4-3-5-12(8-10)15-2/h3-5,8,11H,6-7,9H2,1-2H3. The van der Waals surface area contributed by atoms with Gasteiger partial charge in [0, 0.05) is 11.9 Å². The molecule has 0 aromatic heterocycles. The molecule has 0 spiro atoms. The lowest BCUT2D eigenvalue weighted by Crippen LogP contribution is -2.07. The zero-order valence-corrected chi connectivity index (χ0v) is 10.8. The Morgan fingerprint density at radius 3 is 2.80 bits per heavy atom. The van der Waals surface area contributed by atoms with Crippen LogP contribution in [-0.4, -0.2) is 25.7 Å². The first-order chi connectivity index (χ1) is 7.26. The number of hydrogen-bond acceptors (Lipinski definition) is 2. The number of ether oxygens (including phenoxy) is 2. The summed E-state index contributed by atoms with van der Waals surface area (Å²) in [5, 5.41) is 0.